The molecule has 0 aliphatic carbocycles. The zero-order valence-electron chi connectivity index (χ0n) is 13.6. The van der Waals surface area contributed by atoms with Gasteiger partial charge in [-0.05, 0) is 48.9 Å². The number of nitrogens with one attached hydrogen (secondary N) is 2. The van der Waals surface area contributed by atoms with Crippen molar-refractivity contribution in [3.8, 4) is 0 Å². The molecule has 1 amide bonds. The summed E-state index contributed by atoms with van der Waals surface area (Å²) in [6, 6.07) is 14.6. The summed E-state index contributed by atoms with van der Waals surface area (Å²) in [6.07, 6.45) is 3.27. The van der Waals surface area contributed by atoms with Crippen LogP contribution in [0, 0.1) is 5.82 Å². The number of benzene rings is 2. The Morgan fingerprint density at radius 1 is 1.04 bits per heavy atom. The molecule has 3 rings (SSSR count). The van der Waals surface area contributed by atoms with Crippen molar-refractivity contribution in [3.05, 3.63) is 83.9 Å². The third-order valence-corrected chi connectivity index (χ3v) is 3.66. The molecule has 0 saturated carbocycles. The van der Waals surface area contributed by atoms with Crippen LogP contribution in [0.3, 0.4) is 0 Å². The quantitative estimate of drug-likeness (QED) is 0.743. The number of hydrogen-bond acceptors (Lipinski definition) is 4. The van der Waals surface area contributed by atoms with Crippen molar-refractivity contribution in [2.45, 2.75) is 13.0 Å². The average Bonchev–Trinajstić information content (AvgIpc) is 2.63. The third-order valence-electron chi connectivity index (χ3n) is 3.66. The highest BCUT2D eigenvalue weighted by molar-refractivity contribution is 5.95. The van der Waals surface area contributed by atoms with Gasteiger partial charge in [-0.1, -0.05) is 18.2 Å². The topological polar surface area (TPSA) is 66.9 Å². The molecule has 0 saturated heterocycles. The van der Waals surface area contributed by atoms with E-state index in [1.54, 1.807) is 48.8 Å². The zero-order valence-corrected chi connectivity index (χ0v) is 13.6. The molecule has 1 atom stereocenters. The van der Waals surface area contributed by atoms with Gasteiger partial charge in [-0.3, -0.25) is 4.79 Å². The zero-order chi connectivity index (χ0) is 17.6. The van der Waals surface area contributed by atoms with E-state index < -0.39 is 0 Å². The summed E-state index contributed by atoms with van der Waals surface area (Å²) < 4.78 is 13.0. The van der Waals surface area contributed by atoms with Crippen LogP contribution in [0.4, 0.5) is 16.0 Å². The van der Waals surface area contributed by atoms with Crippen molar-refractivity contribution in [3.63, 3.8) is 0 Å². The maximum absolute atomic E-state index is 13.0. The number of amides is 1. The molecule has 2 aromatic carbocycles. The highest BCUT2D eigenvalue weighted by Crippen LogP contribution is 2.17. The molecule has 0 aliphatic rings. The van der Waals surface area contributed by atoms with E-state index in [0.717, 1.165) is 5.56 Å². The van der Waals surface area contributed by atoms with E-state index in [1.165, 1.54) is 12.1 Å². The number of aromatic nitrogens is 2. The van der Waals surface area contributed by atoms with E-state index in [2.05, 4.69) is 20.6 Å². The Morgan fingerprint density at radius 3 is 2.48 bits per heavy atom. The van der Waals surface area contributed by atoms with E-state index in [0.29, 0.717) is 17.2 Å². The predicted octanol–water partition coefficient (Wildman–Crippen LogP) is 3.85. The summed E-state index contributed by atoms with van der Waals surface area (Å²) in [6.45, 7) is 1.85. The van der Waals surface area contributed by atoms with Gasteiger partial charge < -0.3 is 10.6 Å². The molecule has 3 aromatic rings. The van der Waals surface area contributed by atoms with Crippen LogP contribution < -0.4 is 10.6 Å². The minimum Gasteiger partial charge on any atom is -0.346 e. The van der Waals surface area contributed by atoms with E-state index in [9.17, 15) is 9.18 Å². The van der Waals surface area contributed by atoms with E-state index >= 15 is 0 Å². The van der Waals surface area contributed by atoms with Crippen molar-refractivity contribution in [2.24, 2.45) is 0 Å². The van der Waals surface area contributed by atoms with Gasteiger partial charge in [0, 0.05) is 23.6 Å². The minimum atomic E-state index is -0.302. The van der Waals surface area contributed by atoms with Crippen molar-refractivity contribution in [1.82, 2.24) is 15.3 Å². The second-order valence-electron chi connectivity index (χ2n) is 5.52. The number of hydrogen-bond donors (Lipinski definition) is 2. The fourth-order valence-electron chi connectivity index (χ4n) is 2.35. The van der Waals surface area contributed by atoms with E-state index in [4.69, 9.17) is 0 Å². The molecule has 1 aromatic heterocycles. The average molecular weight is 336 g/mol. The summed E-state index contributed by atoms with van der Waals surface area (Å²) in [5.41, 5.74) is 2.06. The van der Waals surface area contributed by atoms with Gasteiger partial charge >= 0.3 is 0 Å². The third kappa shape index (κ3) is 4.38. The monoisotopic (exact) mass is 336 g/mol. The van der Waals surface area contributed by atoms with Crippen LogP contribution in [0.2, 0.25) is 0 Å². The number of rotatable bonds is 5. The molecule has 0 spiro atoms. The molecular formula is C19H17FN4O. The van der Waals surface area contributed by atoms with Crippen LogP contribution in [-0.4, -0.2) is 15.9 Å². The van der Waals surface area contributed by atoms with Crippen LogP contribution in [-0.2, 0) is 0 Å². The van der Waals surface area contributed by atoms with Crippen LogP contribution in [0.1, 0.15) is 28.9 Å². The second-order valence-corrected chi connectivity index (χ2v) is 5.52. The second kappa shape index (κ2) is 7.53. The SMILES string of the molecule is C[C@H](NC(=O)c1cccc(Nc2ncccn2)c1)c1ccc(F)cc1. The molecule has 2 N–H and O–H groups in total. The van der Waals surface area contributed by atoms with Crippen molar-refractivity contribution in [1.29, 1.82) is 0 Å². The first kappa shape index (κ1) is 16.6. The molecule has 0 aliphatic heterocycles. The normalized spacial score (nSPS) is 11.6. The maximum Gasteiger partial charge on any atom is 0.251 e. The first-order chi connectivity index (χ1) is 12.1. The summed E-state index contributed by atoms with van der Waals surface area (Å²) in [5, 5.41) is 5.95. The molecule has 126 valence electrons. The summed E-state index contributed by atoms with van der Waals surface area (Å²) >= 11 is 0. The largest absolute Gasteiger partial charge is 0.346 e. The molecule has 0 bridgehead atoms. The Kier molecular flexibility index (Phi) is 4.99. The van der Waals surface area contributed by atoms with Crippen molar-refractivity contribution in [2.75, 3.05) is 5.32 Å². The van der Waals surface area contributed by atoms with Gasteiger partial charge in [-0.2, -0.15) is 0 Å². The number of anilines is 2. The lowest BCUT2D eigenvalue weighted by Crippen LogP contribution is -2.26. The smallest absolute Gasteiger partial charge is 0.251 e. The molecular weight excluding hydrogens is 319 g/mol. The Balaban J connectivity index is 1.69. The number of nitrogens with zero attached hydrogens (tertiary/aromatic N) is 2. The summed E-state index contributed by atoms with van der Waals surface area (Å²) in [4.78, 5) is 20.6. The Bertz CT molecular complexity index is 853. The molecule has 25 heavy (non-hydrogen) atoms. The minimum absolute atomic E-state index is 0.213. The van der Waals surface area contributed by atoms with Crippen molar-refractivity contribution < 1.29 is 9.18 Å². The van der Waals surface area contributed by atoms with Crippen LogP contribution in [0.5, 0.6) is 0 Å². The standard InChI is InChI=1S/C19H17FN4O/c1-13(14-6-8-16(20)9-7-14)23-18(25)15-4-2-5-17(12-15)24-19-21-10-3-11-22-19/h2-13H,1H3,(H,23,25)(H,21,22,24)/t13-/m0/s1. The fourth-order valence-corrected chi connectivity index (χ4v) is 2.35. The van der Waals surface area contributed by atoms with Gasteiger partial charge in [0.15, 0.2) is 0 Å². The molecule has 6 heteroatoms. The van der Waals surface area contributed by atoms with E-state index in [-0.39, 0.29) is 17.8 Å². The predicted molar refractivity (Wildman–Crippen MR) is 94.0 cm³/mol. The fraction of sp³-hybridized carbons (Fsp3) is 0.105. The molecule has 0 radical (unpaired) electrons. The summed E-state index contributed by atoms with van der Waals surface area (Å²) in [5.74, 6) is -0.0571. The lowest BCUT2D eigenvalue weighted by molar-refractivity contribution is 0.0940. The highest BCUT2D eigenvalue weighted by atomic mass is 19.1. The molecule has 1 heterocycles. The summed E-state index contributed by atoms with van der Waals surface area (Å²) in [7, 11) is 0. The first-order valence-electron chi connectivity index (χ1n) is 7.82. The van der Waals surface area contributed by atoms with Crippen LogP contribution in [0.25, 0.3) is 0 Å². The van der Waals surface area contributed by atoms with Gasteiger partial charge in [0.05, 0.1) is 6.04 Å². The Labute approximate surface area is 145 Å². The number of halogens is 1. The maximum atomic E-state index is 13.0. The molecule has 5 nitrogen and oxygen atoms in total. The molecule has 0 fully saturated rings. The van der Waals surface area contributed by atoms with Gasteiger partial charge in [0.25, 0.3) is 5.91 Å². The number of carbonyl (C=O) groups is 1. The lowest BCUT2D eigenvalue weighted by Gasteiger charge is -2.15. The number of carbonyl (C=O) groups excluding carboxylic acids is 1. The van der Waals surface area contributed by atoms with Crippen molar-refractivity contribution >= 4 is 17.5 Å². The highest BCUT2D eigenvalue weighted by Gasteiger charge is 2.12. The van der Waals surface area contributed by atoms with Gasteiger partial charge in [0.1, 0.15) is 5.82 Å². The lowest BCUT2D eigenvalue weighted by atomic mass is 10.1. The Hall–Kier alpha value is -3.28. The van der Waals surface area contributed by atoms with Gasteiger partial charge in [-0.15, -0.1) is 0 Å². The Morgan fingerprint density at radius 2 is 1.76 bits per heavy atom. The van der Waals surface area contributed by atoms with E-state index in [1.807, 2.05) is 13.0 Å². The van der Waals surface area contributed by atoms with Gasteiger partial charge in [-0.25, -0.2) is 14.4 Å². The van der Waals surface area contributed by atoms with Crippen LogP contribution >= 0.6 is 0 Å². The van der Waals surface area contributed by atoms with Gasteiger partial charge in [0.2, 0.25) is 5.95 Å². The van der Waals surface area contributed by atoms with Crippen LogP contribution in [0.15, 0.2) is 67.0 Å². The first-order valence-corrected chi connectivity index (χ1v) is 7.82. The molecule has 0 unspecified atom stereocenters.